The quantitative estimate of drug-likeness (QED) is 0.569. The van der Waals surface area contributed by atoms with Crippen molar-refractivity contribution in [2.24, 2.45) is 5.73 Å². The molecule has 0 rings (SSSR count). The maximum Gasteiger partial charge on any atom is 0.320 e. The number of hydrogen-bond acceptors (Lipinski definition) is 3. The molecule has 1 atom stereocenters. The predicted octanol–water partition coefficient (Wildman–Crippen LogP) is -0.739. The molecule has 0 heterocycles. The molecule has 66 valence electrons. The van der Waals surface area contributed by atoms with Crippen LogP contribution in [0.4, 0.5) is 0 Å². The van der Waals surface area contributed by atoms with Gasteiger partial charge in [-0.1, -0.05) is 0 Å². The van der Waals surface area contributed by atoms with Gasteiger partial charge < -0.3 is 15.9 Å². The third-order valence-electron chi connectivity index (χ3n) is 0.986. The number of carbonyl (C=O) groups is 2. The number of nitrogens with two attached hydrogens (primary N) is 1. The Labute approximate surface area is 76.3 Å². The van der Waals surface area contributed by atoms with E-state index in [2.05, 4.69) is 0 Å². The van der Waals surface area contributed by atoms with Crippen LogP contribution < -0.4 is 5.73 Å². The van der Waals surface area contributed by atoms with Gasteiger partial charge in [0.2, 0.25) is 0 Å². The van der Waals surface area contributed by atoms with Gasteiger partial charge in [-0.2, -0.15) is 0 Å². The Morgan fingerprint density at radius 2 is 1.82 bits per heavy atom. The number of carboxylic acid groups (broad SMARTS) is 2. The van der Waals surface area contributed by atoms with E-state index < -0.39 is 18.0 Å². The minimum Gasteiger partial charge on any atom is -0.481 e. The molecule has 4 N–H and O–H groups in total. The van der Waals surface area contributed by atoms with Crippen molar-refractivity contribution in [2.75, 3.05) is 0 Å². The maximum absolute atomic E-state index is 9.99. The zero-order chi connectivity index (χ0) is 8.15. The summed E-state index contributed by atoms with van der Waals surface area (Å²) in [4.78, 5) is 19.9. The summed E-state index contributed by atoms with van der Waals surface area (Å²) in [6.07, 6.45) is -0.224. The van der Waals surface area contributed by atoms with Gasteiger partial charge in [0, 0.05) is 25.9 Å². The molecular formula is C5H9NO4Ru. The third-order valence-corrected chi connectivity index (χ3v) is 0.986. The minimum atomic E-state index is -1.17. The molecule has 0 spiro atoms. The Hall–Kier alpha value is -0.477. The summed E-state index contributed by atoms with van der Waals surface area (Å²) in [5, 5.41) is 16.3. The van der Waals surface area contributed by atoms with Gasteiger partial charge in [0.15, 0.2) is 0 Å². The van der Waals surface area contributed by atoms with Gasteiger partial charge in [0.05, 0.1) is 0 Å². The molecule has 0 aliphatic heterocycles. The van der Waals surface area contributed by atoms with Crippen molar-refractivity contribution < 1.29 is 39.3 Å². The Morgan fingerprint density at radius 1 is 1.36 bits per heavy atom. The SMILES string of the molecule is NC(CCC(=O)O)C(=O)O.[Ru]. The molecule has 0 amide bonds. The van der Waals surface area contributed by atoms with Crippen LogP contribution in [0, 0.1) is 0 Å². The Balaban J connectivity index is 0. The fourth-order valence-corrected chi connectivity index (χ4v) is 0.402. The van der Waals surface area contributed by atoms with Crippen LogP contribution in [0.5, 0.6) is 0 Å². The van der Waals surface area contributed by atoms with Crippen LogP contribution in [-0.2, 0) is 29.1 Å². The normalized spacial score (nSPS) is 11.4. The van der Waals surface area contributed by atoms with E-state index in [-0.39, 0.29) is 32.3 Å². The van der Waals surface area contributed by atoms with Crippen LogP contribution in [0.25, 0.3) is 0 Å². The van der Waals surface area contributed by atoms with Gasteiger partial charge in [-0.15, -0.1) is 0 Å². The van der Waals surface area contributed by atoms with Crippen molar-refractivity contribution in [3.63, 3.8) is 0 Å². The van der Waals surface area contributed by atoms with Crippen LogP contribution in [0.15, 0.2) is 0 Å². The molecule has 0 aromatic rings. The fourth-order valence-electron chi connectivity index (χ4n) is 0.402. The molecule has 0 saturated heterocycles. The number of hydrogen-bond donors (Lipinski definition) is 3. The molecule has 0 radical (unpaired) electrons. The molecular weight excluding hydrogens is 239 g/mol. The van der Waals surface area contributed by atoms with Gasteiger partial charge in [0.1, 0.15) is 6.04 Å². The second-order valence-corrected chi connectivity index (χ2v) is 1.88. The largest absolute Gasteiger partial charge is 0.481 e. The van der Waals surface area contributed by atoms with Crippen LogP contribution in [0.2, 0.25) is 0 Å². The summed E-state index contributed by atoms with van der Waals surface area (Å²) in [5.41, 5.74) is 5.00. The molecule has 11 heavy (non-hydrogen) atoms. The van der Waals surface area contributed by atoms with Crippen molar-refractivity contribution >= 4 is 11.9 Å². The second kappa shape index (κ2) is 6.25. The second-order valence-electron chi connectivity index (χ2n) is 1.88. The Morgan fingerprint density at radius 3 is 2.09 bits per heavy atom. The third kappa shape index (κ3) is 7.42. The van der Waals surface area contributed by atoms with E-state index in [1.54, 1.807) is 0 Å². The summed E-state index contributed by atoms with van der Waals surface area (Å²) in [5.74, 6) is -2.20. The van der Waals surface area contributed by atoms with E-state index in [0.717, 1.165) is 0 Å². The van der Waals surface area contributed by atoms with Crippen LogP contribution in [0.1, 0.15) is 12.8 Å². The first kappa shape index (κ1) is 13.1. The molecule has 0 aliphatic rings. The smallest absolute Gasteiger partial charge is 0.320 e. The standard InChI is InChI=1S/C5H9NO4.Ru/c6-3(5(9)10)1-2-4(7)8;/h3H,1-2,6H2,(H,7,8)(H,9,10);. The maximum atomic E-state index is 9.99. The topological polar surface area (TPSA) is 101 Å². The number of rotatable bonds is 4. The predicted molar refractivity (Wildman–Crippen MR) is 32.5 cm³/mol. The van der Waals surface area contributed by atoms with Crippen LogP contribution in [-0.4, -0.2) is 28.2 Å². The van der Waals surface area contributed by atoms with Crippen molar-refractivity contribution in [3.8, 4) is 0 Å². The van der Waals surface area contributed by atoms with Gasteiger partial charge >= 0.3 is 11.9 Å². The van der Waals surface area contributed by atoms with Gasteiger partial charge in [-0.3, -0.25) is 9.59 Å². The van der Waals surface area contributed by atoms with E-state index >= 15 is 0 Å². The zero-order valence-corrected chi connectivity index (χ0v) is 7.37. The zero-order valence-electron chi connectivity index (χ0n) is 5.63. The summed E-state index contributed by atoms with van der Waals surface area (Å²) in [7, 11) is 0. The van der Waals surface area contributed by atoms with Crippen molar-refractivity contribution in [3.05, 3.63) is 0 Å². The summed E-state index contributed by atoms with van der Waals surface area (Å²) in [6.45, 7) is 0. The summed E-state index contributed by atoms with van der Waals surface area (Å²) >= 11 is 0. The van der Waals surface area contributed by atoms with E-state index in [4.69, 9.17) is 15.9 Å². The molecule has 6 heteroatoms. The fraction of sp³-hybridized carbons (Fsp3) is 0.600. The van der Waals surface area contributed by atoms with Crippen LogP contribution >= 0.6 is 0 Å². The van der Waals surface area contributed by atoms with Gasteiger partial charge in [0.25, 0.3) is 0 Å². The summed E-state index contributed by atoms with van der Waals surface area (Å²) < 4.78 is 0. The van der Waals surface area contributed by atoms with E-state index in [1.165, 1.54) is 0 Å². The van der Waals surface area contributed by atoms with Crippen molar-refractivity contribution in [1.29, 1.82) is 0 Å². The first-order chi connectivity index (χ1) is 4.54. The van der Waals surface area contributed by atoms with E-state index in [1.807, 2.05) is 0 Å². The molecule has 5 nitrogen and oxygen atoms in total. The van der Waals surface area contributed by atoms with E-state index in [9.17, 15) is 9.59 Å². The van der Waals surface area contributed by atoms with Gasteiger partial charge in [-0.25, -0.2) is 0 Å². The Kier molecular flexibility index (Phi) is 7.46. The average molecular weight is 248 g/mol. The first-order valence-electron chi connectivity index (χ1n) is 2.74. The summed E-state index contributed by atoms with van der Waals surface area (Å²) in [6, 6.07) is -1.06. The van der Waals surface area contributed by atoms with Crippen molar-refractivity contribution in [2.45, 2.75) is 18.9 Å². The molecule has 0 bridgehead atoms. The number of carboxylic acids is 2. The molecule has 0 aromatic heterocycles. The Bertz CT molecular complexity index is 149. The molecule has 0 aromatic carbocycles. The molecule has 0 saturated carbocycles. The molecule has 0 fully saturated rings. The average Bonchev–Trinajstić information content (AvgIpc) is 1.82. The minimum absolute atomic E-state index is 0. The van der Waals surface area contributed by atoms with Crippen molar-refractivity contribution in [1.82, 2.24) is 0 Å². The molecule has 0 aliphatic carbocycles. The first-order valence-corrected chi connectivity index (χ1v) is 2.74. The molecule has 1 unspecified atom stereocenters. The number of aliphatic carboxylic acids is 2. The van der Waals surface area contributed by atoms with Gasteiger partial charge in [-0.05, 0) is 6.42 Å². The van der Waals surface area contributed by atoms with Crippen LogP contribution in [0.3, 0.4) is 0 Å². The van der Waals surface area contributed by atoms with E-state index in [0.29, 0.717) is 0 Å². The monoisotopic (exact) mass is 249 g/mol.